The van der Waals surface area contributed by atoms with Gasteiger partial charge in [0.1, 0.15) is 11.5 Å². The number of amides is 1. The highest BCUT2D eigenvalue weighted by Gasteiger charge is 2.43. The van der Waals surface area contributed by atoms with Gasteiger partial charge in [-0.15, -0.1) is 0 Å². The number of ether oxygens (including phenoxy) is 2. The van der Waals surface area contributed by atoms with Crippen molar-refractivity contribution < 1.29 is 14.3 Å². The fourth-order valence-electron chi connectivity index (χ4n) is 3.07. The predicted octanol–water partition coefficient (Wildman–Crippen LogP) is 3.17. The molecule has 4 nitrogen and oxygen atoms in total. The number of hydrogen-bond donors (Lipinski definition) is 1. The SMILES string of the molecule is COc1ccc([C@@H]2C[C@@H]2C(=O)NCCc2ccccc2OC)cc1. The minimum Gasteiger partial charge on any atom is -0.497 e. The van der Waals surface area contributed by atoms with Gasteiger partial charge in [0.2, 0.25) is 5.91 Å². The highest BCUT2D eigenvalue weighted by molar-refractivity contribution is 5.82. The molecule has 2 atom stereocenters. The quantitative estimate of drug-likeness (QED) is 0.850. The highest BCUT2D eigenvalue weighted by Crippen LogP contribution is 2.47. The third kappa shape index (κ3) is 3.70. The Kier molecular flexibility index (Phi) is 5.04. The number of carbonyl (C=O) groups is 1. The van der Waals surface area contributed by atoms with Crippen molar-refractivity contribution in [3.8, 4) is 11.5 Å². The summed E-state index contributed by atoms with van der Waals surface area (Å²) in [7, 11) is 3.32. The standard InChI is InChI=1S/C20H23NO3/c1-23-16-9-7-14(8-10-16)17-13-18(17)20(22)21-12-11-15-5-3-4-6-19(15)24-2/h3-10,17-18H,11-13H2,1-2H3,(H,21,22)/t17-,18-/m0/s1. The second-order valence-electron chi connectivity index (χ2n) is 6.07. The number of benzene rings is 2. The molecule has 126 valence electrons. The van der Waals surface area contributed by atoms with Crippen LogP contribution < -0.4 is 14.8 Å². The van der Waals surface area contributed by atoms with Crippen molar-refractivity contribution in [2.45, 2.75) is 18.8 Å². The van der Waals surface area contributed by atoms with E-state index in [-0.39, 0.29) is 11.8 Å². The molecule has 2 aromatic carbocycles. The van der Waals surface area contributed by atoms with E-state index in [4.69, 9.17) is 9.47 Å². The van der Waals surface area contributed by atoms with Crippen LogP contribution in [0, 0.1) is 5.92 Å². The summed E-state index contributed by atoms with van der Waals surface area (Å²) < 4.78 is 10.5. The molecule has 0 unspecified atom stereocenters. The summed E-state index contributed by atoms with van der Waals surface area (Å²) in [6, 6.07) is 15.9. The minimum absolute atomic E-state index is 0.0936. The fraction of sp³-hybridized carbons (Fsp3) is 0.350. The Labute approximate surface area is 142 Å². The van der Waals surface area contributed by atoms with Crippen LogP contribution in [-0.2, 0) is 11.2 Å². The predicted molar refractivity (Wildman–Crippen MR) is 93.5 cm³/mol. The van der Waals surface area contributed by atoms with Crippen molar-refractivity contribution in [1.82, 2.24) is 5.32 Å². The van der Waals surface area contributed by atoms with Gasteiger partial charge in [0, 0.05) is 12.5 Å². The Hall–Kier alpha value is -2.49. The molecule has 0 saturated heterocycles. The van der Waals surface area contributed by atoms with Crippen LogP contribution in [-0.4, -0.2) is 26.7 Å². The topological polar surface area (TPSA) is 47.6 Å². The van der Waals surface area contributed by atoms with E-state index < -0.39 is 0 Å². The van der Waals surface area contributed by atoms with Crippen molar-refractivity contribution in [3.05, 3.63) is 59.7 Å². The molecule has 0 bridgehead atoms. The number of methoxy groups -OCH3 is 2. The molecule has 1 saturated carbocycles. The zero-order valence-corrected chi connectivity index (χ0v) is 14.1. The Balaban J connectivity index is 1.48. The molecule has 0 aromatic heterocycles. The van der Waals surface area contributed by atoms with Crippen molar-refractivity contribution in [2.24, 2.45) is 5.92 Å². The number of para-hydroxylation sites is 1. The number of hydrogen-bond acceptors (Lipinski definition) is 3. The minimum atomic E-state index is 0.0936. The van der Waals surface area contributed by atoms with Crippen LogP contribution in [0.25, 0.3) is 0 Å². The van der Waals surface area contributed by atoms with Gasteiger partial charge in [0.15, 0.2) is 0 Å². The lowest BCUT2D eigenvalue weighted by atomic mass is 10.1. The number of carbonyl (C=O) groups excluding carboxylic acids is 1. The Morgan fingerprint density at radius 1 is 1.08 bits per heavy atom. The summed E-state index contributed by atoms with van der Waals surface area (Å²) in [4.78, 5) is 12.3. The van der Waals surface area contributed by atoms with E-state index in [1.54, 1.807) is 14.2 Å². The Bertz CT molecular complexity index is 696. The second-order valence-corrected chi connectivity index (χ2v) is 6.07. The zero-order valence-electron chi connectivity index (χ0n) is 14.1. The van der Waals surface area contributed by atoms with E-state index in [1.165, 1.54) is 5.56 Å². The summed E-state index contributed by atoms with van der Waals surface area (Å²) in [6.45, 7) is 0.630. The van der Waals surface area contributed by atoms with E-state index in [0.717, 1.165) is 29.9 Å². The summed E-state index contributed by atoms with van der Waals surface area (Å²) >= 11 is 0. The molecule has 4 heteroatoms. The molecule has 1 fully saturated rings. The van der Waals surface area contributed by atoms with Crippen LogP contribution in [0.4, 0.5) is 0 Å². The normalized spacial score (nSPS) is 18.8. The molecule has 3 rings (SSSR count). The number of rotatable bonds is 7. The summed E-state index contributed by atoms with van der Waals surface area (Å²) in [6.07, 6.45) is 1.70. The van der Waals surface area contributed by atoms with Gasteiger partial charge in [-0.2, -0.15) is 0 Å². The average molecular weight is 325 g/mol. The molecule has 0 aliphatic heterocycles. The molecule has 1 aliphatic rings. The molecule has 24 heavy (non-hydrogen) atoms. The third-order valence-electron chi connectivity index (χ3n) is 4.56. The lowest BCUT2D eigenvalue weighted by molar-refractivity contribution is -0.122. The second kappa shape index (κ2) is 7.39. The van der Waals surface area contributed by atoms with Crippen molar-refractivity contribution in [1.29, 1.82) is 0 Å². The van der Waals surface area contributed by atoms with Crippen LogP contribution in [0.1, 0.15) is 23.5 Å². The molecular weight excluding hydrogens is 302 g/mol. The largest absolute Gasteiger partial charge is 0.497 e. The summed E-state index contributed by atoms with van der Waals surface area (Å²) in [5, 5.41) is 3.05. The van der Waals surface area contributed by atoms with E-state index in [9.17, 15) is 4.79 Å². The van der Waals surface area contributed by atoms with Crippen LogP contribution in [0.5, 0.6) is 11.5 Å². The molecule has 2 aromatic rings. The van der Waals surface area contributed by atoms with Crippen molar-refractivity contribution >= 4 is 5.91 Å². The molecule has 0 heterocycles. The average Bonchev–Trinajstić information content (AvgIpc) is 3.43. The maximum atomic E-state index is 12.3. The molecule has 0 radical (unpaired) electrons. The smallest absolute Gasteiger partial charge is 0.223 e. The first kappa shape index (κ1) is 16.4. The molecule has 0 spiro atoms. The number of nitrogens with one attached hydrogen (secondary N) is 1. The van der Waals surface area contributed by atoms with Gasteiger partial charge >= 0.3 is 0 Å². The zero-order chi connectivity index (χ0) is 16.9. The molecular formula is C20H23NO3. The Morgan fingerprint density at radius 2 is 1.83 bits per heavy atom. The fourth-order valence-corrected chi connectivity index (χ4v) is 3.07. The van der Waals surface area contributed by atoms with Crippen LogP contribution in [0.15, 0.2) is 48.5 Å². The summed E-state index contributed by atoms with van der Waals surface area (Å²) in [5.41, 5.74) is 2.32. The molecule has 1 amide bonds. The van der Waals surface area contributed by atoms with Crippen molar-refractivity contribution in [2.75, 3.05) is 20.8 Å². The monoisotopic (exact) mass is 325 g/mol. The van der Waals surface area contributed by atoms with E-state index in [0.29, 0.717) is 12.5 Å². The van der Waals surface area contributed by atoms with Gasteiger partial charge in [-0.3, -0.25) is 4.79 Å². The van der Waals surface area contributed by atoms with Gasteiger partial charge in [0.05, 0.1) is 14.2 Å². The summed E-state index contributed by atoms with van der Waals surface area (Å²) in [5.74, 6) is 2.29. The van der Waals surface area contributed by atoms with Crippen LogP contribution in [0.2, 0.25) is 0 Å². The first-order valence-electron chi connectivity index (χ1n) is 8.26. The third-order valence-corrected chi connectivity index (χ3v) is 4.56. The maximum Gasteiger partial charge on any atom is 0.223 e. The Morgan fingerprint density at radius 3 is 2.54 bits per heavy atom. The molecule has 1 aliphatic carbocycles. The lowest BCUT2D eigenvalue weighted by Crippen LogP contribution is -2.27. The van der Waals surface area contributed by atoms with Crippen LogP contribution >= 0.6 is 0 Å². The van der Waals surface area contributed by atoms with E-state index in [2.05, 4.69) is 5.32 Å². The van der Waals surface area contributed by atoms with E-state index in [1.807, 2.05) is 48.5 Å². The van der Waals surface area contributed by atoms with Gasteiger partial charge in [-0.25, -0.2) is 0 Å². The first-order chi connectivity index (χ1) is 11.7. The van der Waals surface area contributed by atoms with Crippen molar-refractivity contribution in [3.63, 3.8) is 0 Å². The van der Waals surface area contributed by atoms with E-state index >= 15 is 0 Å². The first-order valence-corrected chi connectivity index (χ1v) is 8.26. The molecule has 1 N–H and O–H groups in total. The van der Waals surface area contributed by atoms with Gasteiger partial charge in [-0.05, 0) is 48.1 Å². The van der Waals surface area contributed by atoms with Gasteiger partial charge in [-0.1, -0.05) is 30.3 Å². The van der Waals surface area contributed by atoms with Gasteiger partial charge in [0.25, 0.3) is 0 Å². The highest BCUT2D eigenvalue weighted by atomic mass is 16.5. The van der Waals surface area contributed by atoms with Gasteiger partial charge < -0.3 is 14.8 Å². The van der Waals surface area contributed by atoms with Crippen LogP contribution in [0.3, 0.4) is 0 Å². The maximum absolute atomic E-state index is 12.3. The lowest BCUT2D eigenvalue weighted by Gasteiger charge is -2.09.